The van der Waals surface area contributed by atoms with Crippen LogP contribution in [0.4, 0.5) is 10.6 Å². The van der Waals surface area contributed by atoms with E-state index in [1.54, 1.807) is 31.3 Å². The zero-order valence-corrected chi connectivity index (χ0v) is 14.0. The van der Waals surface area contributed by atoms with Crippen LogP contribution in [0, 0.1) is 13.8 Å². The van der Waals surface area contributed by atoms with E-state index in [9.17, 15) is 4.79 Å². The standard InChI is InChI=1S/C17H22N4O2/c1-12-6-5-7-13(2)14(12)10-21(3)17(22)20-15-8-9-18-16(19-15)11-23-4/h5-9H,10-11H2,1-4H3,(H,18,19,20,22). The Balaban J connectivity index is 2.04. The van der Waals surface area contributed by atoms with Crippen LogP contribution in [0.25, 0.3) is 0 Å². The zero-order chi connectivity index (χ0) is 16.8. The molecule has 1 heterocycles. The Morgan fingerprint density at radius 3 is 2.61 bits per heavy atom. The Morgan fingerprint density at radius 1 is 1.26 bits per heavy atom. The third kappa shape index (κ3) is 4.50. The number of amides is 2. The van der Waals surface area contributed by atoms with Gasteiger partial charge in [0, 0.05) is 26.9 Å². The molecule has 2 aromatic rings. The molecule has 1 N–H and O–H groups in total. The summed E-state index contributed by atoms with van der Waals surface area (Å²) in [6.07, 6.45) is 1.60. The first-order valence-corrected chi connectivity index (χ1v) is 7.39. The van der Waals surface area contributed by atoms with Gasteiger partial charge in [-0.1, -0.05) is 18.2 Å². The number of hydrogen-bond donors (Lipinski definition) is 1. The van der Waals surface area contributed by atoms with Crippen molar-refractivity contribution in [2.75, 3.05) is 19.5 Å². The number of aryl methyl sites for hydroxylation is 2. The van der Waals surface area contributed by atoms with E-state index in [1.807, 2.05) is 6.07 Å². The molecule has 0 fully saturated rings. The molecule has 0 aliphatic rings. The number of nitrogens with one attached hydrogen (secondary N) is 1. The van der Waals surface area contributed by atoms with Crippen molar-refractivity contribution in [3.63, 3.8) is 0 Å². The fourth-order valence-electron chi connectivity index (χ4n) is 2.28. The van der Waals surface area contributed by atoms with E-state index < -0.39 is 0 Å². The zero-order valence-electron chi connectivity index (χ0n) is 14.0. The molecule has 0 spiro atoms. The molecule has 23 heavy (non-hydrogen) atoms. The normalized spacial score (nSPS) is 10.4. The predicted octanol–water partition coefficient (Wildman–Crippen LogP) is 2.90. The van der Waals surface area contributed by atoms with Gasteiger partial charge in [0.15, 0.2) is 5.82 Å². The summed E-state index contributed by atoms with van der Waals surface area (Å²) in [6.45, 7) is 4.95. The van der Waals surface area contributed by atoms with Gasteiger partial charge < -0.3 is 9.64 Å². The monoisotopic (exact) mass is 314 g/mol. The molecule has 6 nitrogen and oxygen atoms in total. The number of rotatable bonds is 5. The number of methoxy groups -OCH3 is 1. The summed E-state index contributed by atoms with van der Waals surface area (Å²) < 4.78 is 4.99. The van der Waals surface area contributed by atoms with Crippen molar-refractivity contribution < 1.29 is 9.53 Å². The van der Waals surface area contributed by atoms with E-state index in [0.717, 1.165) is 5.56 Å². The van der Waals surface area contributed by atoms with Crippen LogP contribution in [0.3, 0.4) is 0 Å². The molecular weight excluding hydrogens is 292 g/mol. The minimum absolute atomic E-state index is 0.213. The molecule has 2 rings (SSSR count). The van der Waals surface area contributed by atoms with Gasteiger partial charge in [-0.25, -0.2) is 14.8 Å². The van der Waals surface area contributed by atoms with Crippen LogP contribution in [0.2, 0.25) is 0 Å². The molecule has 122 valence electrons. The highest BCUT2D eigenvalue weighted by molar-refractivity contribution is 5.88. The summed E-state index contributed by atoms with van der Waals surface area (Å²) in [6, 6.07) is 7.57. The molecule has 0 aliphatic carbocycles. The fourth-order valence-corrected chi connectivity index (χ4v) is 2.28. The van der Waals surface area contributed by atoms with E-state index in [1.165, 1.54) is 11.1 Å². The second-order valence-electron chi connectivity index (χ2n) is 5.45. The molecule has 1 aromatic heterocycles. The summed E-state index contributed by atoms with van der Waals surface area (Å²) in [5.74, 6) is 0.994. The average Bonchev–Trinajstić information content (AvgIpc) is 2.51. The first-order chi connectivity index (χ1) is 11.0. The predicted molar refractivity (Wildman–Crippen MR) is 89.1 cm³/mol. The highest BCUT2D eigenvalue weighted by atomic mass is 16.5. The molecule has 2 amide bonds. The Labute approximate surface area is 136 Å². The van der Waals surface area contributed by atoms with Gasteiger partial charge >= 0.3 is 6.03 Å². The molecule has 1 aromatic carbocycles. The number of carbonyl (C=O) groups excluding carboxylic acids is 1. The van der Waals surface area contributed by atoms with Gasteiger partial charge in [0.05, 0.1) is 0 Å². The highest BCUT2D eigenvalue weighted by Gasteiger charge is 2.13. The number of ether oxygens (including phenoxy) is 1. The molecule has 0 atom stereocenters. The van der Waals surface area contributed by atoms with Crippen molar-refractivity contribution in [1.29, 1.82) is 0 Å². The molecule has 6 heteroatoms. The van der Waals surface area contributed by atoms with E-state index in [-0.39, 0.29) is 6.03 Å². The number of carbonyl (C=O) groups is 1. The van der Waals surface area contributed by atoms with Crippen LogP contribution < -0.4 is 5.32 Å². The molecule has 0 bridgehead atoms. The van der Waals surface area contributed by atoms with Crippen LogP contribution in [-0.2, 0) is 17.9 Å². The number of nitrogens with zero attached hydrogens (tertiary/aromatic N) is 3. The minimum Gasteiger partial charge on any atom is -0.377 e. The summed E-state index contributed by atoms with van der Waals surface area (Å²) in [7, 11) is 3.34. The van der Waals surface area contributed by atoms with Gasteiger partial charge in [-0.3, -0.25) is 5.32 Å². The van der Waals surface area contributed by atoms with Gasteiger partial charge in [-0.05, 0) is 36.6 Å². The van der Waals surface area contributed by atoms with Crippen molar-refractivity contribution in [3.05, 3.63) is 53.0 Å². The van der Waals surface area contributed by atoms with Crippen molar-refractivity contribution in [2.24, 2.45) is 0 Å². The van der Waals surface area contributed by atoms with Crippen LogP contribution >= 0.6 is 0 Å². The van der Waals surface area contributed by atoms with Crippen LogP contribution in [-0.4, -0.2) is 35.1 Å². The molecule has 0 aliphatic heterocycles. The summed E-state index contributed by atoms with van der Waals surface area (Å²) in [5, 5.41) is 2.78. The van der Waals surface area contributed by atoms with E-state index in [4.69, 9.17) is 4.74 Å². The molecule has 0 unspecified atom stereocenters. The van der Waals surface area contributed by atoms with Crippen molar-refractivity contribution in [3.8, 4) is 0 Å². The van der Waals surface area contributed by atoms with E-state index in [2.05, 4.69) is 41.3 Å². The average molecular weight is 314 g/mol. The van der Waals surface area contributed by atoms with Crippen molar-refractivity contribution in [1.82, 2.24) is 14.9 Å². The van der Waals surface area contributed by atoms with Crippen molar-refractivity contribution >= 4 is 11.8 Å². The fraction of sp³-hybridized carbons (Fsp3) is 0.353. The van der Waals surface area contributed by atoms with Crippen molar-refractivity contribution in [2.45, 2.75) is 27.0 Å². The second-order valence-corrected chi connectivity index (χ2v) is 5.45. The van der Waals surface area contributed by atoms with Gasteiger partial charge in [0.1, 0.15) is 12.4 Å². The third-order valence-corrected chi connectivity index (χ3v) is 3.60. The lowest BCUT2D eigenvalue weighted by Crippen LogP contribution is -2.31. The lowest BCUT2D eigenvalue weighted by molar-refractivity contribution is 0.178. The first kappa shape index (κ1) is 16.9. The Hall–Kier alpha value is -2.47. The lowest BCUT2D eigenvalue weighted by atomic mass is 10.0. The smallest absolute Gasteiger partial charge is 0.323 e. The maximum absolute atomic E-state index is 12.3. The van der Waals surface area contributed by atoms with Crippen LogP contribution in [0.1, 0.15) is 22.5 Å². The Kier molecular flexibility index (Phi) is 5.65. The summed E-state index contributed by atoms with van der Waals surface area (Å²) in [4.78, 5) is 22.3. The second kappa shape index (κ2) is 7.69. The van der Waals surface area contributed by atoms with E-state index >= 15 is 0 Å². The van der Waals surface area contributed by atoms with Crippen LogP contribution in [0.15, 0.2) is 30.5 Å². The number of aromatic nitrogens is 2. The Bertz CT molecular complexity index is 668. The SMILES string of the molecule is COCc1nccc(NC(=O)N(C)Cc2c(C)cccc2C)n1. The molecule has 0 radical (unpaired) electrons. The maximum Gasteiger partial charge on any atom is 0.323 e. The number of hydrogen-bond acceptors (Lipinski definition) is 4. The molecular formula is C17H22N4O2. The lowest BCUT2D eigenvalue weighted by Gasteiger charge is -2.20. The van der Waals surface area contributed by atoms with Gasteiger partial charge in [0.25, 0.3) is 0 Å². The number of anilines is 1. The summed E-state index contributed by atoms with van der Waals surface area (Å²) >= 11 is 0. The highest BCUT2D eigenvalue weighted by Crippen LogP contribution is 2.15. The largest absolute Gasteiger partial charge is 0.377 e. The number of urea groups is 1. The van der Waals surface area contributed by atoms with Crippen LogP contribution in [0.5, 0.6) is 0 Å². The van der Waals surface area contributed by atoms with Gasteiger partial charge in [0.2, 0.25) is 0 Å². The van der Waals surface area contributed by atoms with Gasteiger partial charge in [-0.2, -0.15) is 0 Å². The Morgan fingerprint density at radius 2 is 1.96 bits per heavy atom. The maximum atomic E-state index is 12.3. The first-order valence-electron chi connectivity index (χ1n) is 7.39. The summed E-state index contributed by atoms with van der Waals surface area (Å²) in [5.41, 5.74) is 3.51. The molecule has 0 saturated heterocycles. The third-order valence-electron chi connectivity index (χ3n) is 3.60. The minimum atomic E-state index is -0.213. The van der Waals surface area contributed by atoms with E-state index in [0.29, 0.717) is 24.8 Å². The molecule has 0 saturated carbocycles. The number of benzene rings is 1. The van der Waals surface area contributed by atoms with Gasteiger partial charge in [-0.15, -0.1) is 0 Å². The topological polar surface area (TPSA) is 67.3 Å². The quantitative estimate of drug-likeness (QED) is 0.921.